The van der Waals surface area contributed by atoms with Gasteiger partial charge in [0.05, 0.1) is 17.1 Å². The predicted octanol–water partition coefficient (Wildman–Crippen LogP) is 4.99. The van der Waals surface area contributed by atoms with Crippen molar-refractivity contribution in [2.24, 2.45) is 0 Å². The van der Waals surface area contributed by atoms with Crippen LogP contribution in [0.2, 0.25) is 10.0 Å². The highest BCUT2D eigenvalue weighted by atomic mass is 35.5. The molecule has 3 rings (SSSR count). The molecule has 33 heavy (non-hydrogen) atoms. The zero-order valence-corrected chi connectivity index (χ0v) is 19.3. The van der Waals surface area contributed by atoms with Crippen LogP contribution in [0, 0.1) is 6.92 Å². The third kappa shape index (κ3) is 7.52. The summed E-state index contributed by atoms with van der Waals surface area (Å²) in [4.78, 5) is 36.5. The minimum atomic E-state index is -0.474. The summed E-state index contributed by atoms with van der Waals surface area (Å²) in [5.74, 6) is -0.846. The summed E-state index contributed by atoms with van der Waals surface area (Å²) in [5.41, 5.74) is 3.33. The van der Waals surface area contributed by atoms with Crippen molar-refractivity contribution in [3.05, 3.63) is 93.5 Å². The number of hydrogen-bond acceptors (Lipinski definition) is 3. The Labute approximate surface area is 201 Å². The Morgan fingerprint density at radius 2 is 1.52 bits per heavy atom. The Bertz CT molecular complexity index is 1180. The fourth-order valence-electron chi connectivity index (χ4n) is 2.97. The van der Waals surface area contributed by atoms with Crippen molar-refractivity contribution < 1.29 is 14.4 Å². The SMILES string of the molecule is Cc1cccc(NC(=O)Nc2cccc(CNC(=O)CNC(=O)c3ccc(Cl)cc3Cl)c2)c1. The lowest BCUT2D eigenvalue weighted by molar-refractivity contribution is -0.120. The van der Waals surface area contributed by atoms with Crippen molar-refractivity contribution in [1.29, 1.82) is 0 Å². The molecule has 0 radical (unpaired) electrons. The van der Waals surface area contributed by atoms with E-state index in [1.165, 1.54) is 12.1 Å². The quantitative estimate of drug-likeness (QED) is 0.379. The van der Waals surface area contributed by atoms with Crippen LogP contribution in [0.25, 0.3) is 0 Å². The van der Waals surface area contributed by atoms with E-state index >= 15 is 0 Å². The number of rotatable bonds is 7. The van der Waals surface area contributed by atoms with Crippen LogP contribution in [-0.4, -0.2) is 24.4 Å². The molecule has 0 bridgehead atoms. The number of anilines is 2. The van der Waals surface area contributed by atoms with E-state index in [4.69, 9.17) is 23.2 Å². The highest BCUT2D eigenvalue weighted by Gasteiger charge is 2.12. The maximum Gasteiger partial charge on any atom is 0.323 e. The van der Waals surface area contributed by atoms with Crippen LogP contribution < -0.4 is 21.3 Å². The number of aryl methyl sites for hydroxylation is 1. The van der Waals surface area contributed by atoms with Crippen molar-refractivity contribution in [2.45, 2.75) is 13.5 Å². The average Bonchev–Trinajstić information content (AvgIpc) is 2.76. The summed E-state index contributed by atoms with van der Waals surface area (Å²) in [6.07, 6.45) is 0. The van der Waals surface area contributed by atoms with Crippen LogP contribution in [0.15, 0.2) is 66.7 Å². The molecule has 3 aromatic carbocycles. The van der Waals surface area contributed by atoms with Crippen LogP contribution in [0.3, 0.4) is 0 Å². The lowest BCUT2D eigenvalue weighted by atomic mass is 10.2. The van der Waals surface area contributed by atoms with E-state index in [9.17, 15) is 14.4 Å². The number of amides is 4. The Balaban J connectivity index is 1.47. The molecule has 0 saturated heterocycles. The Hall–Kier alpha value is -3.55. The lowest BCUT2D eigenvalue weighted by Gasteiger charge is -2.11. The number of hydrogen-bond donors (Lipinski definition) is 4. The molecular formula is C24H22Cl2N4O3. The van der Waals surface area contributed by atoms with Gasteiger partial charge in [-0.05, 0) is 60.5 Å². The van der Waals surface area contributed by atoms with Crippen molar-refractivity contribution in [2.75, 3.05) is 17.2 Å². The van der Waals surface area contributed by atoms with E-state index in [0.717, 1.165) is 11.1 Å². The Morgan fingerprint density at radius 3 is 2.21 bits per heavy atom. The van der Waals surface area contributed by atoms with Gasteiger partial charge in [-0.25, -0.2) is 4.79 Å². The number of carbonyl (C=O) groups is 3. The third-order valence-electron chi connectivity index (χ3n) is 4.54. The monoisotopic (exact) mass is 484 g/mol. The number of nitrogens with one attached hydrogen (secondary N) is 4. The summed E-state index contributed by atoms with van der Waals surface area (Å²) in [6.45, 7) is 1.96. The molecule has 0 fully saturated rings. The van der Waals surface area contributed by atoms with Gasteiger partial charge in [0, 0.05) is 22.9 Å². The van der Waals surface area contributed by atoms with Gasteiger partial charge in [0.15, 0.2) is 0 Å². The molecule has 0 spiro atoms. The highest BCUT2D eigenvalue weighted by molar-refractivity contribution is 6.36. The molecule has 0 atom stereocenters. The van der Waals surface area contributed by atoms with Crippen LogP contribution in [-0.2, 0) is 11.3 Å². The Kier molecular flexibility index (Phi) is 8.29. The molecule has 7 nitrogen and oxygen atoms in total. The van der Waals surface area contributed by atoms with Crippen molar-refractivity contribution >= 4 is 52.4 Å². The number of urea groups is 1. The molecule has 0 aliphatic carbocycles. The lowest BCUT2D eigenvalue weighted by Crippen LogP contribution is -2.36. The summed E-state index contributed by atoms with van der Waals surface area (Å²) in [7, 11) is 0. The number of carbonyl (C=O) groups excluding carboxylic acids is 3. The molecule has 4 N–H and O–H groups in total. The van der Waals surface area contributed by atoms with Gasteiger partial charge in [0.25, 0.3) is 5.91 Å². The summed E-state index contributed by atoms with van der Waals surface area (Å²) in [6, 6.07) is 18.7. The second-order valence-electron chi connectivity index (χ2n) is 7.23. The molecule has 0 aliphatic rings. The molecule has 3 aromatic rings. The van der Waals surface area contributed by atoms with Crippen molar-refractivity contribution in [1.82, 2.24) is 10.6 Å². The number of benzene rings is 3. The van der Waals surface area contributed by atoms with Crippen LogP contribution in [0.4, 0.5) is 16.2 Å². The zero-order valence-electron chi connectivity index (χ0n) is 17.7. The molecular weight excluding hydrogens is 463 g/mol. The molecule has 0 heterocycles. The number of halogens is 2. The van der Waals surface area contributed by atoms with E-state index in [2.05, 4.69) is 21.3 Å². The smallest absolute Gasteiger partial charge is 0.323 e. The maximum atomic E-state index is 12.2. The van der Waals surface area contributed by atoms with E-state index in [0.29, 0.717) is 16.4 Å². The van der Waals surface area contributed by atoms with Gasteiger partial charge in [-0.2, -0.15) is 0 Å². The average molecular weight is 485 g/mol. The third-order valence-corrected chi connectivity index (χ3v) is 5.08. The minimum Gasteiger partial charge on any atom is -0.350 e. The fraction of sp³-hybridized carbons (Fsp3) is 0.125. The topological polar surface area (TPSA) is 99.3 Å². The first-order chi connectivity index (χ1) is 15.8. The van der Waals surface area contributed by atoms with E-state index in [1.54, 1.807) is 30.3 Å². The zero-order chi connectivity index (χ0) is 23.8. The van der Waals surface area contributed by atoms with Gasteiger partial charge in [0.1, 0.15) is 0 Å². The van der Waals surface area contributed by atoms with Crippen molar-refractivity contribution in [3.8, 4) is 0 Å². The molecule has 4 amide bonds. The van der Waals surface area contributed by atoms with Gasteiger partial charge >= 0.3 is 6.03 Å². The minimum absolute atomic E-state index is 0.205. The van der Waals surface area contributed by atoms with Gasteiger partial charge < -0.3 is 21.3 Å². The largest absolute Gasteiger partial charge is 0.350 e. The van der Waals surface area contributed by atoms with E-state index in [1.807, 2.05) is 31.2 Å². The Morgan fingerprint density at radius 1 is 0.818 bits per heavy atom. The highest BCUT2D eigenvalue weighted by Crippen LogP contribution is 2.20. The second kappa shape index (κ2) is 11.4. The van der Waals surface area contributed by atoms with Crippen LogP contribution >= 0.6 is 23.2 Å². The van der Waals surface area contributed by atoms with Crippen LogP contribution in [0.1, 0.15) is 21.5 Å². The van der Waals surface area contributed by atoms with Gasteiger partial charge in [0.2, 0.25) is 5.91 Å². The fourth-order valence-corrected chi connectivity index (χ4v) is 3.46. The summed E-state index contributed by atoms with van der Waals surface area (Å²) in [5, 5.41) is 11.4. The van der Waals surface area contributed by atoms with Gasteiger partial charge in [-0.1, -0.05) is 47.5 Å². The molecule has 9 heteroatoms. The molecule has 0 saturated carbocycles. The van der Waals surface area contributed by atoms with Crippen LogP contribution in [0.5, 0.6) is 0 Å². The summed E-state index contributed by atoms with van der Waals surface area (Å²) < 4.78 is 0. The first-order valence-corrected chi connectivity index (χ1v) is 10.8. The maximum absolute atomic E-state index is 12.2. The molecule has 0 aromatic heterocycles. The molecule has 0 unspecified atom stereocenters. The molecule has 0 aliphatic heterocycles. The summed E-state index contributed by atoms with van der Waals surface area (Å²) >= 11 is 11.8. The van der Waals surface area contributed by atoms with Gasteiger partial charge in [-0.3, -0.25) is 9.59 Å². The molecule has 170 valence electrons. The standard InChI is InChI=1S/C24H22Cl2N4O3/c1-15-4-2-6-18(10-15)29-24(33)30-19-7-3-5-16(11-19)13-27-22(31)14-28-23(32)20-9-8-17(25)12-21(20)26/h2-12H,13-14H2,1H3,(H,27,31)(H,28,32)(H2,29,30,33). The van der Waals surface area contributed by atoms with E-state index < -0.39 is 5.91 Å². The van der Waals surface area contributed by atoms with Gasteiger partial charge in [-0.15, -0.1) is 0 Å². The van der Waals surface area contributed by atoms with E-state index in [-0.39, 0.29) is 35.6 Å². The predicted molar refractivity (Wildman–Crippen MR) is 131 cm³/mol. The normalized spacial score (nSPS) is 10.3. The second-order valence-corrected chi connectivity index (χ2v) is 8.08. The first-order valence-electron chi connectivity index (χ1n) is 10.0. The first kappa shape index (κ1) is 24.1. The van der Waals surface area contributed by atoms with Crippen molar-refractivity contribution in [3.63, 3.8) is 0 Å².